The third-order valence-corrected chi connectivity index (χ3v) is 9.08. The summed E-state index contributed by atoms with van der Waals surface area (Å²) in [7, 11) is 2.87. The molecule has 6 aromatic rings. The zero-order valence-corrected chi connectivity index (χ0v) is 31.4. The lowest BCUT2D eigenvalue weighted by atomic mass is 10.1. The molecule has 0 spiro atoms. The molecule has 13 nitrogen and oxygen atoms in total. The minimum absolute atomic E-state index is 0.122. The summed E-state index contributed by atoms with van der Waals surface area (Å²) in [4.78, 5) is 16.8. The van der Waals surface area contributed by atoms with E-state index >= 15 is 0 Å². The molecule has 1 unspecified atom stereocenters. The number of esters is 1. The maximum absolute atomic E-state index is 13.2. The normalized spacial score (nSPS) is 11.6. The van der Waals surface area contributed by atoms with E-state index in [4.69, 9.17) is 32.9 Å². The number of H-pyrrole nitrogens is 1. The molecule has 14 heteroatoms. The summed E-state index contributed by atoms with van der Waals surface area (Å²) < 4.78 is 52.1. The molecule has 0 aliphatic carbocycles. The summed E-state index contributed by atoms with van der Waals surface area (Å²) in [6.07, 6.45) is 6.94. The lowest BCUT2D eigenvalue weighted by molar-refractivity contribution is 0.0600. The number of aromatic amines is 1. The Morgan fingerprint density at radius 3 is 2.39 bits per heavy atom. The van der Waals surface area contributed by atoms with Crippen molar-refractivity contribution in [3.05, 3.63) is 102 Å². The van der Waals surface area contributed by atoms with Crippen LogP contribution < -0.4 is 27.9 Å². The maximum Gasteiger partial charge on any atom is 0.337 e. The van der Waals surface area contributed by atoms with Crippen molar-refractivity contribution in [3.63, 3.8) is 0 Å². The van der Waals surface area contributed by atoms with Crippen LogP contribution in [0.15, 0.2) is 91.0 Å². The van der Waals surface area contributed by atoms with E-state index in [1.54, 1.807) is 61.7 Å². The van der Waals surface area contributed by atoms with E-state index in [9.17, 15) is 9.00 Å². The van der Waals surface area contributed by atoms with Crippen molar-refractivity contribution in [2.24, 2.45) is 0 Å². The van der Waals surface area contributed by atoms with Crippen molar-refractivity contribution >= 4 is 28.6 Å². The van der Waals surface area contributed by atoms with Gasteiger partial charge in [0.25, 0.3) is 5.88 Å². The number of hydrogen-bond acceptors (Lipinski definition) is 10. The first kappa shape index (κ1) is 37.7. The summed E-state index contributed by atoms with van der Waals surface area (Å²) in [5.41, 5.74) is 2.85. The van der Waals surface area contributed by atoms with E-state index in [1.165, 1.54) is 37.4 Å². The summed E-state index contributed by atoms with van der Waals surface area (Å²) in [6.45, 7) is 4.70. The van der Waals surface area contributed by atoms with E-state index < -0.39 is 17.2 Å². The van der Waals surface area contributed by atoms with Gasteiger partial charge >= 0.3 is 17.2 Å². The Kier molecular flexibility index (Phi) is 12.7. The van der Waals surface area contributed by atoms with E-state index in [1.807, 2.05) is 43.3 Å². The Morgan fingerprint density at radius 2 is 1.61 bits per heavy atom. The molecule has 0 bridgehead atoms. The van der Waals surface area contributed by atoms with Crippen LogP contribution in [0.1, 0.15) is 61.4 Å². The smallest absolute Gasteiger partial charge is 0.337 e. The third-order valence-electron chi connectivity index (χ3n) is 8.35. The van der Waals surface area contributed by atoms with Gasteiger partial charge in [0.1, 0.15) is 5.75 Å². The van der Waals surface area contributed by atoms with Gasteiger partial charge in [0, 0.05) is 5.56 Å². The van der Waals surface area contributed by atoms with E-state index in [-0.39, 0.29) is 11.6 Å². The lowest BCUT2D eigenvalue weighted by Crippen LogP contribution is -2.12. The van der Waals surface area contributed by atoms with Gasteiger partial charge in [0.2, 0.25) is 11.4 Å². The Bertz CT molecular complexity index is 2200. The molecule has 2 N–H and O–H groups in total. The maximum atomic E-state index is 13.2. The van der Waals surface area contributed by atoms with Gasteiger partial charge in [0.05, 0.1) is 32.1 Å². The standard InChI is InChI=1S/C40H43N5O8S/c1-5-6-7-8-9-12-24-50-33-23-18-27(2)25-35(33)53-54(47)44-30-15-13-14-29(26-30)37-41-38-36(51-31-21-19-28(20-22-31)40(46)49-4)39(43-45(38)42-37)52-34-17-11-10-16-32(34)48-3/h10-11,13-23,25-26,44H,5-9,12,24H2,1-4H3,(H,41,42). The number of unbranched alkanes of at least 4 members (excludes halogenated alkanes) is 5. The third kappa shape index (κ3) is 9.50. The second-order valence-electron chi connectivity index (χ2n) is 12.4. The number of fused-ring (bicyclic) bond motifs is 1. The zero-order chi connectivity index (χ0) is 37.9. The highest BCUT2D eigenvalue weighted by Crippen LogP contribution is 2.40. The molecule has 0 saturated heterocycles. The van der Waals surface area contributed by atoms with Crippen LogP contribution in [0.25, 0.3) is 17.0 Å². The van der Waals surface area contributed by atoms with E-state index in [2.05, 4.69) is 21.8 Å². The molecular weight excluding hydrogens is 711 g/mol. The number of nitrogens with zero attached hydrogens (tertiary/aromatic N) is 3. The van der Waals surface area contributed by atoms with Gasteiger partial charge in [-0.15, -0.1) is 9.73 Å². The van der Waals surface area contributed by atoms with Crippen molar-refractivity contribution in [1.29, 1.82) is 0 Å². The number of methoxy groups -OCH3 is 2. The molecule has 0 fully saturated rings. The molecule has 2 aromatic heterocycles. The second-order valence-corrected chi connectivity index (χ2v) is 13.2. The van der Waals surface area contributed by atoms with Crippen molar-refractivity contribution in [2.45, 2.75) is 52.4 Å². The van der Waals surface area contributed by atoms with Crippen molar-refractivity contribution in [1.82, 2.24) is 19.8 Å². The molecule has 54 heavy (non-hydrogen) atoms. The van der Waals surface area contributed by atoms with Gasteiger partial charge < -0.3 is 27.9 Å². The first-order chi connectivity index (χ1) is 26.3. The van der Waals surface area contributed by atoms with Crippen LogP contribution >= 0.6 is 0 Å². The highest BCUT2D eigenvalue weighted by Gasteiger charge is 2.23. The van der Waals surface area contributed by atoms with Gasteiger partial charge in [0.15, 0.2) is 28.8 Å². The highest BCUT2D eigenvalue weighted by atomic mass is 32.2. The Morgan fingerprint density at radius 1 is 0.833 bits per heavy atom. The molecule has 6 rings (SSSR count). The number of aromatic nitrogens is 4. The molecular formula is C40H43N5O8S. The Balaban J connectivity index is 1.20. The van der Waals surface area contributed by atoms with Crippen LogP contribution in [0.4, 0.5) is 5.69 Å². The molecule has 4 aromatic carbocycles. The molecule has 282 valence electrons. The number of carbonyl (C=O) groups is 1. The van der Waals surface area contributed by atoms with E-state index in [0.29, 0.717) is 63.6 Å². The average molecular weight is 754 g/mol. The van der Waals surface area contributed by atoms with Gasteiger partial charge in [-0.3, -0.25) is 9.82 Å². The zero-order valence-electron chi connectivity index (χ0n) is 30.6. The van der Waals surface area contributed by atoms with Gasteiger partial charge in [-0.05, 0) is 79.6 Å². The van der Waals surface area contributed by atoms with Gasteiger partial charge in [-0.2, -0.15) is 4.21 Å². The Labute approximate surface area is 316 Å². The van der Waals surface area contributed by atoms with Crippen LogP contribution in [0.5, 0.6) is 40.4 Å². The fraction of sp³-hybridized carbons (Fsp3) is 0.275. The topological polar surface area (TPSA) is 148 Å². The minimum Gasteiger partial charge on any atom is -0.493 e. The minimum atomic E-state index is -1.94. The SMILES string of the molecule is CCCCCCCCOc1ccc(C)cc1OS(=O)Nc1cccc(-c2nc3c(Oc4ccc(C(=O)OC)cc4)c(Oc4ccccc4OC)nn3[nH]2)c1. The van der Waals surface area contributed by atoms with Crippen LogP contribution in [-0.2, 0) is 16.0 Å². The summed E-state index contributed by atoms with van der Waals surface area (Å²) in [5.74, 6) is 2.59. The van der Waals surface area contributed by atoms with Crippen molar-refractivity contribution in [2.75, 3.05) is 25.5 Å². The number of rotatable bonds is 19. The molecule has 0 aliphatic heterocycles. The van der Waals surface area contributed by atoms with Crippen LogP contribution in [0.2, 0.25) is 0 Å². The van der Waals surface area contributed by atoms with Crippen LogP contribution in [0.3, 0.4) is 0 Å². The fourth-order valence-corrected chi connectivity index (χ4v) is 6.22. The van der Waals surface area contributed by atoms with Crippen LogP contribution in [0, 0.1) is 6.92 Å². The number of para-hydroxylation sites is 2. The number of ether oxygens (including phenoxy) is 5. The van der Waals surface area contributed by atoms with Gasteiger partial charge in [-0.25, -0.2) is 9.78 Å². The number of benzene rings is 4. The molecule has 2 heterocycles. The monoisotopic (exact) mass is 753 g/mol. The molecule has 0 saturated carbocycles. The molecule has 1 atom stereocenters. The number of hydrogen-bond donors (Lipinski definition) is 2. The Hall–Kier alpha value is -6.02. The number of anilines is 1. The highest BCUT2D eigenvalue weighted by molar-refractivity contribution is 7.82. The predicted molar refractivity (Wildman–Crippen MR) is 206 cm³/mol. The second kappa shape index (κ2) is 18.1. The van der Waals surface area contributed by atoms with Gasteiger partial charge in [-0.1, -0.05) is 69.4 Å². The largest absolute Gasteiger partial charge is 0.493 e. The average Bonchev–Trinajstić information content (AvgIpc) is 3.74. The fourth-order valence-electron chi connectivity index (χ4n) is 5.56. The quantitative estimate of drug-likeness (QED) is 0.0606. The van der Waals surface area contributed by atoms with Crippen molar-refractivity contribution in [3.8, 4) is 51.8 Å². The first-order valence-electron chi connectivity index (χ1n) is 17.7. The first-order valence-corrected chi connectivity index (χ1v) is 18.8. The van der Waals surface area contributed by atoms with E-state index in [0.717, 1.165) is 18.4 Å². The number of nitrogens with one attached hydrogen (secondary N) is 2. The predicted octanol–water partition coefficient (Wildman–Crippen LogP) is 9.22. The number of aryl methyl sites for hydroxylation is 1. The summed E-state index contributed by atoms with van der Waals surface area (Å²) >= 11 is -1.94. The number of carbonyl (C=O) groups excluding carboxylic acids is 1. The lowest BCUT2D eigenvalue weighted by Gasteiger charge is -2.13. The summed E-state index contributed by atoms with van der Waals surface area (Å²) in [6, 6.07) is 26.4. The molecule has 0 aliphatic rings. The molecule has 0 radical (unpaired) electrons. The van der Waals surface area contributed by atoms with Crippen LogP contribution in [-0.4, -0.2) is 50.8 Å². The van der Waals surface area contributed by atoms with Crippen molar-refractivity contribution < 1.29 is 36.9 Å². The molecule has 0 amide bonds. The summed E-state index contributed by atoms with van der Waals surface area (Å²) in [5, 5.41) is 7.75.